The van der Waals surface area contributed by atoms with Crippen molar-refractivity contribution in [2.45, 2.75) is 45.4 Å². The van der Waals surface area contributed by atoms with Gasteiger partial charge in [-0.2, -0.15) is 0 Å². The number of hydrogen-bond donors (Lipinski definition) is 1. The molecule has 1 unspecified atom stereocenters. The zero-order valence-corrected chi connectivity index (χ0v) is 21.5. The van der Waals surface area contributed by atoms with Crippen LogP contribution in [-0.2, 0) is 17.8 Å². The maximum atomic E-state index is 13.0. The van der Waals surface area contributed by atoms with E-state index in [9.17, 15) is 4.55 Å². The maximum Gasteiger partial charge on any atom is 0.167 e. The van der Waals surface area contributed by atoms with Crippen molar-refractivity contribution in [3.8, 4) is 22.5 Å². The molecule has 0 radical (unpaired) electrons. The van der Waals surface area contributed by atoms with Crippen LogP contribution < -0.4 is 4.72 Å². The zero-order chi connectivity index (χ0) is 25.2. The molecular formula is C28H28N4O3S. The van der Waals surface area contributed by atoms with Crippen LogP contribution in [0, 0.1) is 13.8 Å². The van der Waals surface area contributed by atoms with E-state index in [0.717, 1.165) is 56.2 Å². The summed E-state index contributed by atoms with van der Waals surface area (Å²) in [5.41, 5.74) is 6.79. The zero-order valence-electron chi connectivity index (χ0n) is 20.7. The fourth-order valence-corrected chi connectivity index (χ4v) is 5.14. The first-order valence-corrected chi connectivity index (χ1v) is 13.1. The average Bonchev–Trinajstić information content (AvgIpc) is 3.46. The molecule has 5 rings (SSSR count). The van der Waals surface area contributed by atoms with E-state index >= 15 is 0 Å². The topological polar surface area (TPSA) is 100 Å². The molecule has 184 valence electrons. The molecule has 7 nitrogen and oxygen atoms in total. The predicted octanol–water partition coefficient (Wildman–Crippen LogP) is 6.11. The molecule has 0 amide bonds. The minimum absolute atomic E-state index is 0.0471. The highest BCUT2D eigenvalue weighted by Crippen LogP contribution is 2.35. The molecule has 0 aliphatic rings. The van der Waals surface area contributed by atoms with Gasteiger partial charge in [-0.25, -0.2) is 0 Å². The van der Waals surface area contributed by atoms with E-state index in [1.807, 2.05) is 94.4 Å². The minimum atomic E-state index is -1.25. The Balaban J connectivity index is 1.56. The van der Waals surface area contributed by atoms with Gasteiger partial charge in [0, 0.05) is 34.4 Å². The van der Waals surface area contributed by atoms with Gasteiger partial charge in [0.1, 0.15) is 16.7 Å². The standard InChI is InChI=1S/C28H28N4O3S/c1-17(2)36(33)32-25(16-20-10-9-14-24(29-20)27-18(3)30-34-19(27)4)21-11-5-6-12-22(21)28-23-13-7-8-15-26(23)35-31-28/h5-15,17,25,32H,16H2,1-4H3/t25-,36?/m0/s1. The second-order valence-electron chi connectivity index (χ2n) is 9.05. The second kappa shape index (κ2) is 10.3. The SMILES string of the molecule is Cc1noc(C)c1-c1cccc(C[C@H](N[S+]([O-])C(C)C)c2ccccc2-c2noc3ccccc23)n1. The fraction of sp³-hybridized carbons (Fsp3) is 0.250. The molecule has 1 N–H and O–H groups in total. The van der Waals surface area contributed by atoms with E-state index in [1.54, 1.807) is 0 Å². The Morgan fingerprint density at radius 1 is 0.917 bits per heavy atom. The highest BCUT2D eigenvalue weighted by atomic mass is 32.2. The van der Waals surface area contributed by atoms with Crippen molar-refractivity contribution >= 4 is 22.3 Å². The summed E-state index contributed by atoms with van der Waals surface area (Å²) in [5.74, 6) is 0.732. The number of nitrogens with zero attached hydrogens (tertiary/aromatic N) is 3. The average molecular weight is 501 g/mol. The number of para-hydroxylation sites is 1. The number of nitrogens with one attached hydrogen (secondary N) is 1. The molecule has 3 aromatic heterocycles. The van der Waals surface area contributed by atoms with Gasteiger partial charge < -0.3 is 13.6 Å². The lowest BCUT2D eigenvalue weighted by atomic mass is 9.94. The number of aryl methyl sites for hydroxylation is 2. The molecule has 2 aromatic carbocycles. The van der Waals surface area contributed by atoms with Crippen LogP contribution in [-0.4, -0.2) is 25.1 Å². The van der Waals surface area contributed by atoms with Crippen LogP contribution in [0.4, 0.5) is 0 Å². The second-order valence-corrected chi connectivity index (χ2v) is 10.8. The smallest absolute Gasteiger partial charge is 0.167 e. The van der Waals surface area contributed by atoms with Crippen LogP contribution in [0.25, 0.3) is 33.5 Å². The Kier molecular flexibility index (Phi) is 6.91. The van der Waals surface area contributed by atoms with Crippen molar-refractivity contribution < 1.29 is 13.6 Å². The van der Waals surface area contributed by atoms with E-state index in [-0.39, 0.29) is 11.3 Å². The normalized spacial score (nSPS) is 13.4. The summed E-state index contributed by atoms with van der Waals surface area (Å²) in [7, 11) is 0. The van der Waals surface area contributed by atoms with Gasteiger partial charge in [0.15, 0.2) is 5.58 Å². The lowest BCUT2D eigenvalue weighted by Crippen LogP contribution is -2.35. The van der Waals surface area contributed by atoms with Crippen LogP contribution in [0.1, 0.15) is 42.6 Å². The van der Waals surface area contributed by atoms with E-state index in [2.05, 4.69) is 15.0 Å². The minimum Gasteiger partial charge on any atom is -0.598 e. The highest BCUT2D eigenvalue weighted by Gasteiger charge is 2.26. The summed E-state index contributed by atoms with van der Waals surface area (Å²) < 4.78 is 27.3. The summed E-state index contributed by atoms with van der Waals surface area (Å²) in [6.45, 7) is 7.67. The molecule has 0 bridgehead atoms. The lowest BCUT2D eigenvalue weighted by Gasteiger charge is -2.24. The van der Waals surface area contributed by atoms with Gasteiger partial charge in [0.25, 0.3) is 0 Å². The Morgan fingerprint density at radius 3 is 2.47 bits per heavy atom. The third-order valence-corrected chi connectivity index (χ3v) is 7.54. The van der Waals surface area contributed by atoms with Gasteiger partial charge >= 0.3 is 0 Å². The first kappa shape index (κ1) is 24.2. The predicted molar refractivity (Wildman–Crippen MR) is 142 cm³/mol. The molecule has 3 heterocycles. The van der Waals surface area contributed by atoms with Gasteiger partial charge in [-0.3, -0.25) is 4.98 Å². The third-order valence-electron chi connectivity index (χ3n) is 6.16. The molecule has 0 fully saturated rings. The summed E-state index contributed by atoms with van der Waals surface area (Å²) in [4.78, 5) is 4.92. The molecule has 0 saturated heterocycles. The van der Waals surface area contributed by atoms with E-state index in [1.165, 1.54) is 0 Å². The number of hydrogen-bond acceptors (Lipinski definition) is 7. The summed E-state index contributed by atoms with van der Waals surface area (Å²) in [5, 5.41) is 9.35. The number of fused-ring (bicyclic) bond motifs is 1. The van der Waals surface area contributed by atoms with Crippen molar-refractivity contribution in [2.24, 2.45) is 0 Å². The van der Waals surface area contributed by atoms with Gasteiger partial charge in [-0.1, -0.05) is 52.8 Å². The van der Waals surface area contributed by atoms with Gasteiger partial charge in [-0.05, 0) is 57.5 Å². The fourth-order valence-electron chi connectivity index (χ4n) is 4.38. The Bertz CT molecular complexity index is 1470. The molecule has 8 heteroatoms. The third kappa shape index (κ3) is 4.80. The van der Waals surface area contributed by atoms with Crippen LogP contribution >= 0.6 is 0 Å². The number of rotatable bonds is 8. The summed E-state index contributed by atoms with van der Waals surface area (Å²) in [6.07, 6.45) is 0.530. The van der Waals surface area contributed by atoms with Crippen molar-refractivity contribution in [3.05, 3.63) is 89.4 Å². The Morgan fingerprint density at radius 2 is 1.69 bits per heavy atom. The van der Waals surface area contributed by atoms with Gasteiger partial charge in [0.2, 0.25) is 0 Å². The molecule has 0 aliphatic carbocycles. The highest BCUT2D eigenvalue weighted by molar-refractivity contribution is 7.90. The number of benzene rings is 2. The molecule has 5 aromatic rings. The Hall–Kier alpha value is -3.46. The Labute approximate surface area is 213 Å². The van der Waals surface area contributed by atoms with Crippen molar-refractivity contribution in [1.82, 2.24) is 20.0 Å². The van der Waals surface area contributed by atoms with Crippen LogP contribution in [0.5, 0.6) is 0 Å². The molecule has 0 spiro atoms. The van der Waals surface area contributed by atoms with Crippen molar-refractivity contribution in [3.63, 3.8) is 0 Å². The lowest BCUT2D eigenvalue weighted by molar-refractivity contribution is 0.393. The first-order valence-electron chi connectivity index (χ1n) is 11.9. The van der Waals surface area contributed by atoms with Crippen molar-refractivity contribution in [1.29, 1.82) is 0 Å². The monoisotopic (exact) mass is 500 g/mol. The van der Waals surface area contributed by atoms with Gasteiger partial charge in [0.05, 0.1) is 23.0 Å². The summed E-state index contributed by atoms with van der Waals surface area (Å²) in [6, 6.07) is 21.5. The molecule has 36 heavy (non-hydrogen) atoms. The number of pyridine rings is 1. The molecule has 0 aliphatic heterocycles. The molecular weight excluding hydrogens is 472 g/mol. The number of aromatic nitrogens is 3. The summed E-state index contributed by atoms with van der Waals surface area (Å²) >= 11 is -1.25. The maximum absolute atomic E-state index is 13.0. The van der Waals surface area contributed by atoms with E-state index in [4.69, 9.17) is 14.0 Å². The molecule has 2 atom stereocenters. The van der Waals surface area contributed by atoms with Crippen molar-refractivity contribution in [2.75, 3.05) is 0 Å². The van der Waals surface area contributed by atoms with E-state index in [0.29, 0.717) is 6.42 Å². The van der Waals surface area contributed by atoms with Gasteiger partial charge in [-0.15, -0.1) is 4.72 Å². The van der Waals surface area contributed by atoms with Crippen LogP contribution in [0.15, 0.2) is 75.8 Å². The molecule has 0 saturated carbocycles. The van der Waals surface area contributed by atoms with Crippen LogP contribution in [0.3, 0.4) is 0 Å². The van der Waals surface area contributed by atoms with Crippen LogP contribution in [0.2, 0.25) is 0 Å². The van der Waals surface area contributed by atoms with E-state index < -0.39 is 11.4 Å². The first-order chi connectivity index (χ1) is 17.4. The largest absolute Gasteiger partial charge is 0.598 e. The quantitative estimate of drug-likeness (QED) is 0.257.